The molecule has 3 aliphatic rings. The first kappa shape index (κ1) is 31.7. The lowest BCUT2D eigenvalue weighted by Crippen LogP contribution is -2.51. The summed E-state index contributed by atoms with van der Waals surface area (Å²) in [7, 11) is 0. The number of carbonyl (C=O) groups excluding carboxylic acids is 3. The fraction of sp³-hybridized carbons (Fsp3) is 0.394. The van der Waals surface area contributed by atoms with Gasteiger partial charge in [0.2, 0.25) is 11.8 Å². The first-order valence-electron chi connectivity index (χ1n) is 15.2. The van der Waals surface area contributed by atoms with Crippen molar-refractivity contribution in [3.63, 3.8) is 0 Å². The second-order valence-corrected chi connectivity index (χ2v) is 12.9. The summed E-state index contributed by atoms with van der Waals surface area (Å²) in [5, 5.41) is 9.14. The normalized spacial score (nSPS) is 19.0. The molecule has 3 N–H and O–H groups in total. The van der Waals surface area contributed by atoms with Crippen molar-refractivity contribution in [2.45, 2.75) is 44.4 Å². The summed E-state index contributed by atoms with van der Waals surface area (Å²) in [4.78, 5) is 45.4. The number of alkyl halides is 2. The second kappa shape index (κ2) is 12.9. The van der Waals surface area contributed by atoms with Gasteiger partial charge in [-0.1, -0.05) is 24.3 Å². The van der Waals surface area contributed by atoms with E-state index in [1.54, 1.807) is 30.3 Å². The Hall–Kier alpha value is -4.23. The minimum atomic E-state index is -3.73. The summed E-state index contributed by atoms with van der Waals surface area (Å²) < 4.78 is 36.1. The van der Waals surface area contributed by atoms with Gasteiger partial charge in [-0.15, -0.1) is 8.78 Å². The quantitative estimate of drug-likeness (QED) is 0.277. The van der Waals surface area contributed by atoms with Gasteiger partial charge in [0.1, 0.15) is 5.82 Å². The van der Waals surface area contributed by atoms with Crippen molar-refractivity contribution in [3.8, 4) is 22.8 Å². The van der Waals surface area contributed by atoms with E-state index in [4.69, 9.17) is 4.98 Å². The number of nitrogens with one attached hydrogen (secondary N) is 3. The number of benzene rings is 2. The van der Waals surface area contributed by atoms with Gasteiger partial charge in [0.05, 0.1) is 16.9 Å². The van der Waals surface area contributed by atoms with Crippen LogP contribution in [-0.4, -0.2) is 77.6 Å². The van der Waals surface area contributed by atoms with Crippen molar-refractivity contribution >= 4 is 35.3 Å². The lowest BCUT2D eigenvalue weighted by Gasteiger charge is -2.31. The van der Waals surface area contributed by atoms with E-state index in [0.29, 0.717) is 78.2 Å². The third-order valence-electron chi connectivity index (χ3n) is 8.35. The van der Waals surface area contributed by atoms with Crippen LogP contribution >= 0.6 is 11.8 Å². The Labute approximate surface area is 269 Å². The summed E-state index contributed by atoms with van der Waals surface area (Å²) in [5.74, 6) is 0.744. The van der Waals surface area contributed by atoms with E-state index in [-0.39, 0.29) is 29.2 Å². The number of nitrogens with zero attached hydrogens (tertiary/aromatic N) is 2. The first-order chi connectivity index (χ1) is 22.0. The molecule has 3 aromatic rings. The van der Waals surface area contributed by atoms with Gasteiger partial charge < -0.3 is 30.3 Å². The minimum absolute atomic E-state index is 0.0721. The molecule has 0 radical (unpaired) electrons. The number of halogens is 2. The largest absolute Gasteiger partial charge is 0.586 e. The average Bonchev–Trinajstić information content (AvgIpc) is 3.78. The Morgan fingerprint density at radius 3 is 2.67 bits per heavy atom. The standard InChI is InChI=1S/C33H35F2N5O5S/c1-20-6-9-27(39-31(43)32(10-11-32)24-7-8-25-26(17-24)45-33(34,35)44-25)38-29(20)22-4-3-5-23(16-22)30(42)37-13-15-46-19-28(41)40-14-12-36-21(2)18-40/h3-9,16-17,21,36H,10-15,18-19H2,1-2H3,(H,37,42)(H,38,39,43). The molecule has 1 unspecified atom stereocenters. The molecule has 0 spiro atoms. The van der Waals surface area contributed by atoms with E-state index >= 15 is 0 Å². The fourth-order valence-electron chi connectivity index (χ4n) is 5.70. The van der Waals surface area contributed by atoms with Crippen LogP contribution in [0.2, 0.25) is 0 Å². The molecular formula is C33H35F2N5O5S. The highest BCUT2D eigenvalue weighted by molar-refractivity contribution is 7.99. The predicted molar refractivity (Wildman–Crippen MR) is 170 cm³/mol. The molecule has 1 aromatic heterocycles. The molecule has 1 saturated heterocycles. The molecule has 2 aliphatic heterocycles. The molecule has 6 rings (SSSR count). The van der Waals surface area contributed by atoms with Gasteiger partial charge in [0.25, 0.3) is 5.91 Å². The average molecular weight is 652 g/mol. The number of amides is 3. The van der Waals surface area contributed by atoms with Crippen molar-refractivity contribution < 1.29 is 32.6 Å². The molecule has 1 aliphatic carbocycles. The van der Waals surface area contributed by atoms with E-state index in [1.165, 1.54) is 23.9 Å². The zero-order valence-electron chi connectivity index (χ0n) is 25.5. The Bertz CT molecular complexity index is 1670. The number of anilines is 1. The number of carbonyl (C=O) groups is 3. The minimum Gasteiger partial charge on any atom is -0.395 e. The number of piperazine rings is 1. The second-order valence-electron chi connectivity index (χ2n) is 11.8. The highest BCUT2D eigenvalue weighted by atomic mass is 32.2. The van der Waals surface area contributed by atoms with E-state index in [9.17, 15) is 23.2 Å². The predicted octanol–water partition coefficient (Wildman–Crippen LogP) is 4.33. The van der Waals surface area contributed by atoms with Gasteiger partial charge in [0, 0.05) is 49.1 Å². The van der Waals surface area contributed by atoms with Crippen LogP contribution < -0.4 is 25.4 Å². The molecule has 3 heterocycles. The molecule has 1 atom stereocenters. The van der Waals surface area contributed by atoms with Crippen LogP contribution in [0.5, 0.6) is 11.5 Å². The number of pyridine rings is 1. The van der Waals surface area contributed by atoms with Crippen molar-refractivity contribution in [1.29, 1.82) is 0 Å². The molecule has 0 bridgehead atoms. The van der Waals surface area contributed by atoms with E-state index in [0.717, 1.165) is 12.1 Å². The van der Waals surface area contributed by atoms with Gasteiger partial charge in [0.15, 0.2) is 11.5 Å². The molecule has 2 fully saturated rings. The van der Waals surface area contributed by atoms with E-state index in [1.807, 2.05) is 24.0 Å². The first-order valence-corrected chi connectivity index (χ1v) is 16.4. The van der Waals surface area contributed by atoms with Crippen LogP contribution in [0.15, 0.2) is 54.6 Å². The third-order valence-corrected chi connectivity index (χ3v) is 9.30. The number of aryl methyl sites for hydroxylation is 1. The lowest BCUT2D eigenvalue weighted by atomic mass is 9.94. The molecule has 10 nitrogen and oxygen atoms in total. The van der Waals surface area contributed by atoms with Crippen LogP contribution in [-0.2, 0) is 15.0 Å². The Balaban J connectivity index is 1.05. The van der Waals surface area contributed by atoms with Crippen LogP contribution in [0.1, 0.15) is 41.3 Å². The molecule has 1 saturated carbocycles. The molecular weight excluding hydrogens is 616 g/mol. The Kier molecular flexibility index (Phi) is 8.88. The van der Waals surface area contributed by atoms with Crippen molar-refractivity contribution in [2.24, 2.45) is 0 Å². The maximum atomic E-state index is 13.5. The lowest BCUT2D eigenvalue weighted by molar-refractivity contribution is -0.286. The monoisotopic (exact) mass is 651 g/mol. The van der Waals surface area contributed by atoms with Gasteiger partial charge in [-0.05, 0) is 68.1 Å². The number of hydrogen-bond donors (Lipinski definition) is 3. The summed E-state index contributed by atoms with van der Waals surface area (Å²) in [6, 6.07) is 15.4. The van der Waals surface area contributed by atoms with Crippen LogP contribution in [0.4, 0.5) is 14.6 Å². The van der Waals surface area contributed by atoms with Crippen LogP contribution in [0.3, 0.4) is 0 Å². The zero-order valence-corrected chi connectivity index (χ0v) is 26.3. The SMILES string of the molecule is Cc1ccc(NC(=O)C2(c3ccc4c(c3)OC(F)(F)O4)CC2)nc1-c1cccc(C(=O)NCCSCC(=O)N2CCNC(C)C2)c1. The van der Waals surface area contributed by atoms with Gasteiger partial charge >= 0.3 is 6.29 Å². The molecule has 2 aromatic carbocycles. The number of hydrogen-bond acceptors (Lipinski definition) is 8. The fourth-order valence-corrected chi connectivity index (χ4v) is 6.45. The number of rotatable bonds is 10. The van der Waals surface area contributed by atoms with Gasteiger partial charge in [-0.25, -0.2) is 4.98 Å². The van der Waals surface area contributed by atoms with E-state index in [2.05, 4.69) is 32.3 Å². The summed E-state index contributed by atoms with van der Waals surface area (Å²) >= 11 is 1.50. The summed E-state index contributed by atoms with van der Waals surface area (Å²) in [6.07, 6.45) is -2.63. The van der Waals surface area contributed by atoms with Crippen molar-refractivity contribution in [3.05, 3.63) is 71.3 Å². The van der Waals surface area contributed by atoms with Gasteiger partial charge in [-0.2, -0.15) is 11.8 Å². The van der Waals surface area contributed by atoms with Crippen molar-refractivity contribution in [2.75, 3.05) is 43.0 Å². The topological polar surface area (TPSA) is 122 Å². The summed E-state index contributed by atoms with van der Waals surface area (Å²) in [6.45, 7) is 6.61. The third kappa shape index (κ3) is 6.95. The number of thioether (sulfide) groups is 1. The molecule has 242 valence electrons. The Morgan fingerprint density at radius 1 is 1.09 bits per heavy atom. The molecule has 46 heavy (non-hydrogen) atoms. The highest BCUT2D eigenvalue weighted by Gasteiger charge is 2.53. The number of aromatic nitrogens is 1. The highest BCUT2D eigenvalue weighted by Crippen LogP contribution is 2.52. The molecule has 3 amide bonds. The van der Waals surface area contributed by atoms with E-state index < -0.39 is 11.7 Å². The Morgan fingerprint density at radius 2 is 1.89 bits per heavy atom. The van der Waals surface area contributed by atoms with Crippen molar-refractivity contribution in [1.82, 2.24) is 20.5 Å². The maximum Gasteiger partial charge on any atom is 0.586 e. The smallest absolute Gasteiger partial charge is 0.395 e. The van der Waals surface area contributed by atoms with Gasteiger partial charge in [-0.3, -0.25) is 14.4 Å². The molecule has 13 heteroatoms. The van der Waals surface area contributed by atoms with Crippen LogP contribution in [0, 0.1) is 6.92 Å². The number of ether oxygens (including phenoxy) is 2. The van der Waals surface area contributed by atoms with Crippen LogP contribution in [0.25, 0.3) is 11.3 Å². The maximum absolute atomic E-state index is 13.5. The number of fused-ring (bicyclic) bond motifs is 1. The zero-order chi connectivity index (χ0) is 32.5. The summed E-state index contributed by atoms with van der Waals surface area (Å²) in [5.41, 5.74) is 2.33.